The maximum Gasteiger partial charge on any atom is 0.267 e. The number of benzene rings is 2. The van der Waals surface area contributed by atoms with Crippen molar-refractivity contribution in [2.75, 3.05) is 5.32 Å². The minimum absolute atomic E-state index is 0.276. The van der Waals surface area contributed by atoms with E-state index in [0.717, 1.165) is 5.56 Å². The molecule has 0 unspecified atom stereocenters. The Morgan fingerprint density at radius 2 is 1.60 bits per heavy atom. The molecule has 0 saturated carbocycles. The third-order valence-corrected chi connectivity index (χ3v) is 2.86. The Kier molecular flexibility index (Phi) is 4.12. The van der Waals surface area contributed by atoms with Crippen LogP contribution in [0.5, 0.6) is 0 Å². The summed E-state index contributed by atoms with van der Waals surface area (Å²) in [5.74, 6) is 4.39. The number of rotatable bonds is 3. The second kappa shape index (κ2) is 5.99. The molecule has 0 spiro atoms. The van der Waals surface area contributed by atoms with Gasteiger partial charge in [0.25, 0.3) is 11.8 Å². The van der Waals surface area contributed by atoms with Gasteiger partial charge in [-0.25, -0.2) is 5.84 Å². The Labute approximate surface area is 116 Å². The number of nitrogens with one attached hydrogen (secondary N) is 2. The molecule has 0 radical (unpaired) electrons. The fraction of sp³-hybridized carbons (Fsp3) is 0.0667. The third kappa shape index (κ3) is 3.02. The SMILES string of the molecule is Cc1ccc(C(=O)Nc2ccccc2C(=O)NN)cc1. The van der Waals surface area contributed by atoms with Gasteiger partial charge in [0, 0.05) is 5.56 Å². The Hall–Kier alpha value is -2.66. The van der Waals surface area contributed by atoms with Gasteiger partial charge < -0.3 is 5.32 Å². The summed E-state index contributed by atoms with van der Waals surface area (Å²) in [6.45, 7) is 1.95. The van der Waals surface area contributed by atoms with Crippen LogP contribution in [0.4, 0.5) is 5.69 Å². The van der Waals surface area contributed by atoms with Crippen molar-refractivity contribution >= 4 is 17.5 Å². The minimum Gasteiger partial charge on any atom is -0.321 e. The van der Waals surface area contributed by atoms with Crippen LogP contribution >= 0.6 is 0 Å². The highest BCUT2D eigenvalue weighted by molar-refractivity contribution is 6.08. The maximum absolute atomic E-state index is 12.1. The Morgan fingerprint density at radius 3 is 2.25 bits per heavy atom. The van der Waals surface area contributed by atoms with Gasteiger partial charge in [0.1, 0.15) is 0 Å². The van der Waals surface area contributed by atoms with E-state index in [9.17, 15) is 9.59 Å². The summed E-state index contributed by atoms with van der Waals surface area (Å²) in [6, 6.07) is 13.8. The van der Waals surface area contributed by atoms with E-state index in [-0.39, 0.29) is 5.91 Å². The summed E-state index contributed by atoms with van der Waals surface area (Å²) in [5, 5.41) is 2.71. The number of nitrogen functional groups attached to an aromatic ring is 1. The Morgan fingerprint density at radius 1 is 0.950 bits per heavy atom. The number of nitrogens with two attached hydrogens (primary N) is 1. The molecule has 2 amide bonds. The van der Waals surface area contributed by atoms with E-state index in [0.29, 0.717) is 16.8 Å². The molecule has 20 heavy (non-hydrogen) atoms. The standard InChI is InChI=1S/C15H15N3O2/c1-10-6-8-11(9-7-10)14(19)17-13-5-3-2-4-12(13)15(20)18-16/h2-9H,16H2,1H3,(H,17,19)(H,18,20). The minimum atomic E-state index is -0.454. The molecule has 0 heterocycles. The fourth-order valence-corrected chi connectivity index (χ4v) is 1.77. The largest absolute Gasteiger partial charge is 0.321 e. The summed E-state index contributed by atoms with van der Waals surface area (Å²) in [7, 11) is 0. The molecule has 102 valence electrons. The molecule has 0 saturated heterocycles. The molecule has 0 aliphatic heterocycles. The molecule has 5 heteroatoms. The maximum atomic E-state index is 12.1. The van der Waals surface area contributed by atoms with Gasteiger partial charge in [-0.2, -0.15) is 0 Å². The highest BCUT2D eigenvalue weighted by Crippen LogP contribution is 2.16. The number of carbonyl (C=O) groups is 2. The van der Waals surface area contributed by atoms with Crippen LogP contribution in [0, 0.1) is 6.92 Å². The van der Waals surface area contributed by atoms with Crippen molar-refractivity contribution in [1.82, 2.24) is 5.43 Å². The lowest BCUT2D eigenvalue weighted by Crippen LogP contribution is -2.31. The molecule has 0 aromatic heterocycles. The van der Waals surface area contributed by atoms with Crippen molar-refractivity contribution in [1.29, 1.82) is 0 Å². The first-order valence-electron chi connectivity index (χ1n) is 6.10. The Bertz CT molecular complexity index is 636. The number of amides is 2. The second-order valence-electron chi connectivity index (χ2n) is 4.34. The van der Waals surface area contributed by atoms with Crippen molar-refractivity contribution in [2.45, 2.75) is 6.92 Å². The van der Waals surface area contributed by atoms with Gasteiger partial charge in [0.05, 0.1) is 11.3 Å². The van der Waals surface area contributed by atoms with Crippen molar-refractivity contribution in [3.63, 3.8) is 0 Å². The van der Waals surface area contributed by atoms with Gasteiger partial charge in [0.15, 0.2) is 0 Å². The third-order valence-electron chi connectivity index (χ3n) is 2.86. The smallest absolute Gasteiger partial charge is 0.267 e. The Balaban J connectivity index is 2.24. The van der Waals surface area contributed by atoms with Crippen molar-refractivity contribution in [3.8, 4) is 0 Å². The van der Waals surface area contributed by atoms with Crippen molar-refractivity contribution < 1.29 is 9.59 Å². The highest BCUT2D eigenvalue weighted by atomic mass is 16.2. The molecule has 0 fully saturated rings. The molecule has 0 atom stereocenters. The lowest BCUT2D eigenvalue weighted by Gasteiger charge is -2.10. The topological polar surface area (TPSA) is 84.2 Å². The predicted molar refractivity (Wildman–Crippen MR) is 77.2 cm³/mol. The zero-order valence-electron chi connectivity index (χ0n) is 11.0. The summed E-state index contributed by atoms with van der Waals surface area (Å²) < 4.78 is 0. The number of hydrogen-bond donors (Lipinski definition) is 3. The molecule has 2 rings (SSSR count). The number of aryl methyl sites for hydroxylation is 1. The summed E-state index contributed by atoms with van der Waals surface area (Å²) in [5.41, 5.74) is 4.38. The lowest BCUT2D eigenvalue weighted by molar-refractivity contribution is 0.0954. The molecule has 0 aliphatic rings. The van der Waals surface area contributed by atoms with E-state index in [1.807, 2.05) is 19.1 Å². The first-order chi connectivity index (χ1) is 9.61. The van der Waals surface area contributed by atoms with Crippen LogP contribution in [0.15, 0.2) is 48.5 Å². The predicted octanol–water partition coefficient (Wildman–Crippen LogP) is 1.85. The van der Waals surface area contributed by atoms with Crippen LogP contribution in [0.2, 0.25) is 0 Å². The van der Waals surface area contributed by atoms with E-state index in [2.05, 4.69) is 10.7 Å². The van der Waals surface area contributed by atoms with Crippen LogP contribution in [0.25, 0.3) is 0 Å². The molecule has 0 aliphatic carbocycles. The van der Waals surface area contributed by atoms with Crippen LogP contribution < -0.4 is 16.6 Å². The van der Waals surface area contributed by atoms with Crippen molar-refractivity contribution in [2.24, 2.45) is 5.84 Å². The molecule has 2 aromatic carbocycles. The fourth-order valence-electron chi connectivity index (χ4n) is 1.77. The number of carbonyl (C=O) groups excluding carboxylic acids is 2. The number of para-hydroxylation sites is 1. The molecular weight excluding hydrogens is 254 g/mol. The molecule has 0 bridgehead atoms. The summed E-state index contributed by atoms with van der Waals surface area (Å²) in [6.07, 6.45) is 0. The van der Waals surface area contributed by atoms with Gasteiger partial charge >= 0.3 is 0 Å². The zero-order valence-corrected chi connectivity index (χ0v) is 11.0. The van der Waals surface area contributed by atoms with Crippen LogP contribution in [0.1, 0.15) is 26.3 Å². The first kappa shape index (κ1) is 13.8. The highest BCUT2D eigenvalue weighted by Gasteiger charge is 2.12. The summed E-state index contributed by atoms with van der Waals surface area (Å²) >= 11 is 0. The van der Waals surface area contributed by atoms with Crippen LogP contribution in [-0.4, -0.2) is 11.8 Å². The van der Waals surface area contributed by atoms with E-state index in [1.54, 1.807) is 36.4 Å². The van der Waals surface area contributed by atoms with Crippen molar-refractivity contribution in [3.05, 3.63) is 65.2 Å². The van der Waals surface area contributed by atoms with E-state index >= 15 is 0 Å². The van der Waals surface area contributed by atoms with Crippen LogP contribution in [-0.2, 0) is 0 Å². The lowest BCUT2D eigenvalue weighted by atomic mass is 10.1. The van der Waals surface area contributed by atoms with E-state index in [1.165, 1.54) is 0 Å². The van der Waals surface area contributed by atoms with E-state index in [4.69, 9.17) is 5.84 Å². The van der Waals surface area contributed by atoms with Gasteiger partial charge in [-0.3, -0.25) is 15.0 Å². The first-order valence-corrected chi connectivity index (χ1v) is 6.10. The van der Waals surface area contributed by atoms with Gasteiger partial charge in [-0.1, -0.05) is 29.8 Å². The number of hydrazine groups is 1. The quantitative estimate of drug-likeness (QED) is 0.451. The zero-order chi connectivity index (χ0) is 14.5. The molecular formula is C15H15N3O2. The molecule has 5 nitrogen and oxygen atoms in total. The average Bonchev–Trinajstić information content (AvgIpc) is 2.47. The molecule has 4 N–H and O–H groups in total. The van der Waals surface area contributed by atoms with Gasteiger partial charge in [-0.15, -0.1) is 0 Å². The molecule has 2 aromatic rings. The summed E-state index contributed by atoms with van der Waals surface area (Å²) in [4.78, 5) is 23.7. The van der Waals surface area contributed by atoms with Gasteiger partial charge in [-0.05, 0) is 31.2 Å². The second-order valence-corrected chi connectivity index (χ2v) is 4.34. The number of hydrogen-bond acceptors (Lipinski definition) is 3. The van der Waals surface area contributed by atoms with Crippen LogP contribution in [0.3, 0.4) is 0 Å². The number of anilines is 1. The monoisotopic (exact) mass is 269 g/mol. The average molecular weight is 269 g/mol. The van der Waals surface area contributed by atoms with Gasteiger partial charge in [0.2, 0.25) is 0 Å². The van der Waals surface area contributed by atoms with E-state index < -0.39 is 5.91 Å². The normalized spacial score (nSPS) is 9.90.